The van der Waals surface area contributed by atoms with E-state index in [1.54, 1.807) is 0 Å². The van der Waals surface area contributed by atoms with Crippen LogP contribution in [-0.2, 0) is 0 Å². The van der Waals surface area contributed by atoms with Crippen molar-refractivity contribution in [3.8, 4) is 0 Å². The molecule has 0 saturated heterocycles. The Balaban J connectivity index is 2.34. The molecule has 0 unspecified atom stereocenters. The topological polar surface area (TPSA) is 0 Å². The Morgan fingerprint density at radius 2 is 1.75 bits per heavy atom. The summed E-state index contributed by atoms with van der Waals surface area (Å²) in [6.45, 7) is 7.76. The third-order valence-corrected chi connectivity index (χ3v) is 3.61. The first-order valence-electron chi connectivity index (χ1n) is 6.24. The van der Waals surface area contributed by atoms with Gasteiger partial charge in [-0.2, -0.15) is 0 Å². The second kappa shape index (κ2) is 5.16. The minimum Gasteiger partial charge on any atom is -0.0985 e. The van der Waals surface area contributed by atoms with Crippen LogP contribution in [0.1, 0.15) is 54.7 Å². The fourth-order valence-electron chi connectivity index (χ4n) is 2.67. The van der Waals surface area contributed by atoms with Crippen molar-refractivity contribution in [2.24, 2.45) is 0 Å². The Morgan fingerprint density at radius 3 is 2.38 bits per heavy atom. The molecule has 0 heterocycles. The summed E-state index contributed by atoms with van der Waals surface area (Å²) < 4.78 is 0. The minimum absolute atomic E-state index is 0.738. The Hall–Kier alpha value is -1.30. The van der Waals surface area contributed by atoms with E-state index in [0.29, 0.717) is 0 Å². The number of hydrogen-bond donors (Lipinski definition) is 0. The van der Waals surface area contributed by atoms with Crippen molar-refractivity contribution in [1.82, 2.24) is 0 Å². The van der Waals surface area contributed by atoms with Gasteiger partial charge in [-0.1, -0.05) is 62.8 Å². The predicted octanol–water partition coefficient (Wildman–Crippen LogP) is 5.02. The molecule has 0 heteroatoms. The van der Waals surface area contributed by atoms with E-state index < -0.39 is 0 Å². The number of hydrogen-bond acceptors (Lipinski definition) is 0. The van der Waals surface area contributed by atoms with Gasteiger partial charge in [0.05, 0.1) is 0 Å². The van der Waals surface area contributed by atoms with E-state index in [4.69, 9.17) is 0 Å². The maximum Gasteiger partial charge on any atom is -0.0156 e. The van der Waals surface area contributed by atoms with Crippen LogP contribution in [0.2, 0.25) is 0 Å². The molecule has 0 nitrogen and oxygen atoms in total. The van der Waals surface area contributed by atoms with Gasteiger partial charge in [0.2, 0.25) is 0 Å². The maximum atomic E-state index is 3.92. The van der Waals surface area contributed by atoms with Gasteiger partial charge in [0.1, 0.15) is 0 Å². The van der Waals surface area contributed by atoms with E-state index in [9.17, 15) is 0 Å². The first kappa shape index (κ1) is 11.2. The number of rotatable bonds is 3. The molecule has 0 atom stereocenters. The molecule has 16 heavy (non-hydrogen) atoms. The summed E-state index contributed by atoms with van der Waals surface area (Å²) in [6, 6.07) is 6.59. The van der Waals surface area contributed by atoms with Crippen molar-refractivity contribution in [2.75, 3.05) is 0 Å². The standard InChI is InChI=1S/C16H20/c1-3-13-10-11-14(4-2)16(12-13)15-8-6-5-7-9-15/h3-4,10-12,15H,1-2,5-9H2. The van der Waals surface area contributed by atoms with Gasteiger partial charge in [0.15, 0.2) is 0 Å². The van der Waals surface area contributed by atoms with Crippen molar-refractivity contribution in [2.45, 2.75) is 38.0 Å². The summed E-state index contributed by atoms with van der Waals surface area (Å²) >= 11 is 0. The molecule has 0 spiro atoms. The van der Waals surface area contributed by atoms with E-state index >= 15 is 0 Å². The fourth-order valence-corrected chi connectivity index (χ4v) is 2.67. The number of benzene rings is 1. The molecule has 0 radical (unpaired) electrons. The smallest absolute Gasteiger partial charge is 0.0156 e. The summed E-state index contributed by atoms with van der Waals surface area (Å²) in [7, 11) is 0. The normalized spacial score (nSPS) is 17.0. The van der Waals surface area contributed by atoms with Crippen molar-refractivity contribution >= 4 is 12.2 Å². The molecule has 1 fully saturated rings. The third-order valence-electron chi connectivity index (χ3n) is 3.61. The average molecular weight is 212 g/mol. The summed E-state index contributed by atoms with van der Waals surface area (Å²) in [5.74, 6) is 0.738. The fraction of sp³-hybridized carbons (Fsp3) is 0.375. The minimum atomic E-state index is 0.738. The van der Waals surface area contributed by atoms with Crippen molar-refractivity contribution in [3.63, 3.8) is 0 Å². The second-order valence-corrected chi connectivity index (χ2v) is 4.63. The van der Waals surface area contributed by atoms with Crippen LogP contribution in [0.3, 0.4) is 0 Å². The van der Waals surface area contributed by atoms with Crippen LogP contribution in [0.15, 0.2) is 31.4 Å². The Kier molecular flexibility index (Phi) is 3.61. The van der Waals surface area contributed by atoms with Gasteiger partial charge in [-0.25, -0.2) is 0 Å². The van der Waals surface area contributed by atoms with Crippen LogP contribution < -0.4 is 0 Å². The Morgan fingerprint density at radius 1 is 1.00 bits per heavy atom. The van der Waals surface area contributed by atoms with E-state index in [2.05, 4.69) is 31.4 Å². The predicted molar refractivity (Wildman–Crippen MR) is 72.5 cm³/mol. The molecule has 1 aliphatic rings. The molecular formula is C16H20. The van der Waals surface area contributed by atoms with Crippen LogP contribution in [0, 0.1) is 0 Å². The second-order valence-electron chi connectivity index (χ2n) is 4.63. The molecule has 1 saturated carbocycles. The third kappa shape index (κ3) is 2.27. The lowest BCUT2D eigenvalue weighted by atomic mass is 9.81. The molecule has 84 valence electrons. The molecule has 1 aliphatic carbocycles. The van der Waals surface area contributed by atoms with Gasteiger partial charge >= 0.3 is 0 Å². The van der Waals surface area contributed by atoms with Crippen LogP contribution in [0.4, 0.5) is 0 Å². The maximum absolute atomic E-state index is 3.92. The quantitative estimate of drug-likeness (QED) is 0.660. The molecule has 0 bridgehead atoms. The van der Waals surface area contributed by atoms with Crippen LogP contribution >= 0.6 is 0 Å². The van der Waals surface area contributed by atoms with E-state index in [1.165, 1.54) is 48.8 Å². The lowest BCUT2D eigenvalue weighted by Crippen LogP contribution is -2.06. The zero-order chi connectivity index (χ0) is 11.4. The van der Waals surface area contributed by atoms with Crippen molar-refractivity contribution < 1.29 is 0 Å². The van der Waals surface area contributed by atoms with Crippen LogP contribution in [-0.4, -0.2) is 0 Å². The zero-order valence-corrected chi connectivity index (χ0v) is 9.91. The zero-order valence-electron chi connectivity index (χ0n) is 9.91. The molecule has 1 aromatic carbocycles. The van der Waals surface area contributed by atoms with Gasteiger partial charge in [0, 0.05) is 0 Å². The van der Waals surface area contributed by atoms with E-state index in [-0.39, 0.29) is 0 Å². The van der Waals surface area contributed by atoms with Gasteiger partial charge in [-0.3, -0.25) is 0 Å². The summed E-state index contributed by atoms with van der Waals surface area (Å²) in [4.78, 5) is 0. The van der Waals surface area contributed by atoms with Gasteiger partial charge in [-0.05, 0) is 35.4 Å². The Labute approximate surface area is 98.7 Å². The molecular weight excluding hydrogens is 192 g/mol. The van der Waals surface area contributed by atoms with Crippen LogP contribution in [0.5, 0.6) is 0 Å². The summed E-state index contributed by atoms with van der Waals surface area (Å²) in [5, 5.41) is 0. The summed E-state index contributed by atoms with van der Waals surface area (Å²) in [6.07, 6.45) is 10.7. The molecule has 0 aromatic heterocycles. The first-order valence-corrected chi connectivity index (χ1v) is 6.24. The van der Waals surface area contributed by atoms with Gasteiger partial charge in [-0.15, -0.1) is 0 Å². The molecule has 2 rings (SSSR count). The average Bonchev–Trinajstić information content (AvgIpc) is 2.39. The summed E-state index contributed by atoms with van der Waals surface area (Å²) in [5.41, 5.74) is 4.01. The van der Waals surface area contributed by atoms with Crippen molar-refractivity contribution in [3.05, 3.63) is 48.0 Å². The van der Waals surface area contributed by atoms with E-state index in [0.717, 1.165) is 5.92 Å². The van der Waals surface area contributed by atoms with Gasteiger partial charge < -0.3 is 0 Å². The molecule has 0 amide bonds. The Bertz CT molecular complexity index is 381. The highest BCUT2D eigenvalue weighted by atomic mass is 14.2. The highest BCUT2D eigenvalue weighted by molar-refractivity contribution is 5.59. The highest BCUT2D eigenvalue weighted by Crippen LogP contribution is 2.35. The lowest BCUT2D eigenvalue weighted by Gasteiger charge is -2.24. The molecule has 0 N–H and O–H groups in total. The highest BCUT2D eigenvalue weighted by Gasteiger charge is 2.17. The monoisotopic (exact) mass is 212 g/mol. The molecule has 0 aliphatic heterocycles. The SMILES string of the molecule is C=Cc1ccc(C=C)c(C2CCCCC2)c1. The van der Waals surface area contributed by atoms with Gasteiger partial charge in [0.25, 0.3) is 0 Å². The van der Waals surface area contributed by atoms with Crippen LogP contribution in [0.25, 0.3) is 12.2 Å². The molecule has 1 aromatic rings. The lowest BCUT2D eigenvalue weighted by molar-refractivity contribution is 0.443. The van der Waals surface area contributed by atoms with E-state index in [1.807, 2.05) is 12.2 Å². The largest absolute Gasteiger partial charge is 0.0985 e. The first-order chi connectivity index (χ1) is 7.85. The van der Waals surface area contributed by atoms with Crippen molar-refractivity contribution in [1.29, 1.82) is 0 Å².